The lowest BCUT2D eigenvalue weighted by Gasteiger charge is -2.30. The van der Waals surface area contributed by atoms with E-state index in [-0.39, 0.29) is 59.0 Å². The van der Waals surface area contributed by atoms with Crippen molar-refractivity contribution in [2.24, 2.45) is 15.9 Å². The van der Waals surface area contributed by atoms with Crippen molar-refractivity contribution in [3.05, 3.63) is 124 Å². The number of carbonyl (C=O) groups excluding carboxylic acids is 3. The number of likely N-dealkylation sites (N-methyl/N-ethyl adjacent to an activating group) is 1. The maximum absolute atomic E-state index is 14.2. The summed E-state index contributed by atoms with van der Waals surface area (Å²) in [5.41, 5.74) is 6.79. The topological polar surface area (TPSA) is 338 Å². The molecule has 10 N–H and O–H groups in total. The number of carboxylic acids is 1. The lowest BCUT2D eigenvalue weighted by molar-refractivity contribution is -0.119. The number of fused-ring (bicyclic) bond motifs is 4. The van der Waals surface area contributed by atoms with E-state index < -0.39 is 75.8 Å². The molecule has 69 heavy (non-hydrogen) atoms. The number of benzene rings is 5. The highest BCUT2D eigenvalue weighted by Crippen LogP contribution is 2.46. The largest absolute Gasteiger partial charge is 0.478 e. The Kier molecular flexibility index (Phi) is 14.2. The maximum atomic E-state index is 14.2. The van der Waals surface area contributed by atoms with Gasteiger partial charge in [0.05, 0.1) is 40.6 Å². The molecule has 0 bridgehead atoms. The molecule has 2 heterocycles. The van der Waals surface area contributed by atoms with Crippen molar-refractivity contribution in [1.82, 2.24) is 10.6 Å². The first-order chi connectivity index (χ1) is 32.8. The third-order valence-electron chi connectivity index (χ3n) is 11.6. The summed E-state index contributed by atoms with van der Waals surface area (Å²) in [4.78, 5) is 57.2. The van der Waals surface area contributed by atoms with Crippen LogP contribution < -0.4 is 32.5 Å². The fourth-order valence-electron chi connectivity index (χ4n) is 8.42. The molecule has 0 fully saturated rings. The summed E-state index contributed by atoms with van der Waals surface area (Å²) in [5.74, 6) is 2.63. The zero-order valence-electron chi connectivity index (χ0n) is 37.0. The second-order valence-corrected chi connectivity index (χ2v) is 18.7. The number of carbonyl (C=O) groups is 4. The lowest BCUT2D eigenvalue weighted by atomic mass is 9.89. The van der Waals surface area contributed by atoms with Crippen LogP contribution in [-0.4, -0.2) is 92.2 Å². The van der Waals surface area contributed by atoms with Crippen LogP contribution >= 0.6 is 0 Å². The first kappa shape index (κ1) is 49.3. The number of amides is 2. The second-order valence-electron chi connectivity index (χ2n) is 16.0. The first-order valence-electron chi connectivity index (χ1n) is 21.2. The van der Waals surface area contributed by atoms with E-state index in [2.05, 4.69) is 15.7 Å². The Labute approximate surface area is 395 Å². The van der Waals surface area contributed by atoms with Gasteiger partial charge in [0.15, 0.2) is 21.1 Å². The molecule has 2 amide bonds. The zero-order chi connectivity index (χ0) is 49.9. The SMILES string of the molecule is CNC(CCCCN=C1/C(=N\N)c2ccccc2N(C(=O)CCNC(=O)c2ccc(-c3c4ccc(=N)c(S(=O)(=O)O)c-4oc4c(S(=O)(=O)O)c(N)ccc34)c(C(=O)O)c2)Cc2ccccc21)C(C)=O. The Balaban J connectivity index is 1.18. The average Bonchev–Trinajstić information content (AvgIpc) is 3.29. The smallest absolute Gasteiger partial charge is 0.336 e. The van der Waals surface area contributed by atoms with Crippen molar-refractivity contribution < 1.29 is 54.6 Å². The third kappa shape index (κ3) is 10.0. The highest BCUT2D eigenvalue weighted by atomic mass is 32.2. The predicted molar refractivity (Wildman–Crippen MR) is 256 cm³/mol. The fraction of sp³-hybridized carbons (Fsp3) is 0.213. The molecule has 20 nitrogen and oxygen atoms in total. The van der Waals surface area contributed by atoms with Crippen LogP contribution in [0.25, 0.3) is 33.4 Å². The van der Waals surface area contributed by atoms with E-state index in [9.17, 15) is 50.2 Å². The minimum Gasteiger partial charge on any atom is -0.478 e. The molecule has 7 rings (SSSR count). The summed E-state index contributed by atoms with van der Waals surface area (Å²) in [6, 6.07) is 22.2. The quantitative estimate of drug-likeness (QED) is 0.0174. The summed E-state index contributed by atoms with van der Waals surface area (Å²) >= 11 is 0. The highest BCUT2D eigenvalue weighted by Gasteiger charge is 2.33. The van der Waals surface area contributed by atoms with Crippen molar-refractivity contribution in [2.45, 2.75) is 55.0 Å². The van der Waals surface area contributed by atoms with Gasteiger partial charge in [-0.05, 0) is 86.8 Å². The number of carboxylic acid groups (broad SMARTS) is 1. The monoisotopic (exact) mass is 978 g/mol. The molecule has 1 atom stereocenters. The van der Waals surface area contributed by atoms with E-state index in [4.69, 9.17) is 26.4 Å². The number of nitrogens with zero attached hydrogens (tertiary/aromatic N) is 3. The molecule has 22 heteroatoms. The zero-order valence-corrected chi connectivity index (χ0v) is 38.6. The number of para-hydroxylation sites is 1. The summed E-state index contributed by atoms with van der Waals surface area (Å²) in [7, 11) is -8.69. The number of anilines is 2. The number of Topliss-reactive ketones (excluding diaryl/α,β-unsaturated/α-hetero) is 1. The molecule has 1 unspecified atom stereocenters. The lowest BCUT2D eigenvalue weighted by Crippen LogP contribution is -2.37. The Morgan fingerprint density at radius 3 is 2.20 bits per heavy atom. The Hall–Kier alpha value is -7.63. The fourth-order valence-corrected chi connectivity index (χ4v) is 9.90. The van der Waals surface area contributed by atoms with Gasteiger partial charge in [-0.3, -0.25) is 33.9 Å². The number of aromatic carboxylic acids is 1. The van der Waals surface area contributed by atoms with Gasteiger partial charge >= 0.3 is 5.97 Å². The van der Waals surface area contributed by atoms with Crippen molar-refractivity contribution in [3.8, 4) is 22.5 Å². The molecule has 4 aromatic rings. The van der Waals surface area contributed by atoms with Crippen LogP contribution in [0, 0.1) is 5.41 Å². The molecule has 0 saturated heterocycles. The van der Waals surface area contributed by atoms with E-state index in [0.29, 0.717) is 47.6 Å². The van der Waals surface area contributed by atoms with Gasteiger partial charge in [0.2, 0.25) is 5.91 Å². The molecule has 0 radical (unpaired) electrons. The molecule has 0 aromatic heterocycles. The Bertz CT molecular complexity index is 3410. The number of aliphatic imine (C=N–C) groups is 1. The summed E-state index contributed by atoms with van der Waals surface area (Å²) < 4.78 is 76.3. The van der Waals surface area contributed by atoms with Crippen molar-refractivity contribution in [1.29, 1.82) is 5.41 Å². The van der Waals surface area contributed by atoms with Gasteiger partial charge in [0.25, 0.3) is 26.1 Å². The van der Waals surface area contributed by atoms with E-state index in [1.165, 1.54) is 24.3 Å². The molecule has 0 saturated carbocycles. The van der Waals surface area contributed by atoms with Crippen molar-refractivity contribution in [3.63, 3.8) is 0 Å². The van der Waals surface area contributed by atoms with Crippen LogP contribution in [0.3, 0.4) is 0 Å². The van der Waals surface area contributed by atoms with Crippen LogP contribution in [-0.2, 0) is 36.4 Å². The molecule has 3 aliphatic rings. The van der Waals surface area contributed by atoms with Gasteiger partial charge in [-0.15, -0.1) is 0 Å². The number of hydrogen-bond acceptors (Lipinski definition) is 15. The van der Waals surface area contributed by atoms with E-state index in [1.807, 2.05) is 24.3 Å². The number of nitrogens with one attached hydrogen (secondary N) is 3. The minimum absolute atomic E-state index is 0.0590. The highest BCUT2D eigenvalue weighted by molar-refractivity contribution is 7.86. The van der Waals surface area contributed by atoms with Gasteiger partial charge < -0.3 is 36.6 Å². The number of hydrazone groups is 1. The molecule has 0 spiro atoms. The molecule has 4 aromatic carbocycles. The number of nitrogens with two attached hydrogens (primary N) is 2. The van der Waals surface area contributed by atoms with Crippen molar-refractivity contribution in [2.75, 3.05) is 30.8 Å². The van der Waals surface area contributed by atoms with Crippen LogP contribution in [0.15, 0.2) is 115 Å². The van der Waals surface area contributed by atoms with Gasteiger partial charge in [-0.1, -0.05) is 48.5 Å². The molecule has 1 aliphatic carbocycles. The first-order valence-corrected chi connectivity index (χ1v) is 24.1. The predicted octanol–water partition coefficient (Wildman–Crippen LogP) is 4.62. The number of rotatable bonds is 15. The standard InChI is InChI=1S/C47H46N8O12S2/c1-25(56)36(51-2)12-7-8-21-52-40-28-10-4-3-9-27(28)24-55(37-13-6-5-11-30(37)41(40)54-50)38(57)20-22-53-46(58)26-14-15-29(33(23-26)47(59)60)39-31-16-18-34(48)44(68(61,62)63)42(31)67-43-32(39)17-19-35(49)45(43)69(64,65)66/h3-6,9-11,13-19,23,36,48,51H,7-8,12,20-22,24,49-50H2,1-2H3,(H,53,58)(H,59,60)(H,61,62,63)(H,64,65,66)/b48-34?,52-40?,54-41-. The molecule has 2 aliphatic heterocycles. The van der Waals surface area contributed by atoms with E-state index in [0.717, 1.165) is 30.2 Å². The average molecular weight is 979 g/mol. The third-order valence-corrected chi connectivity index (χ3v) is 13.5. The van der Waals surface area contributed by atoms with E-state index in [1.54, 1.807) is 43.1 Å². The Morgan fingerprint density at radius 1 is 0.855 bits per heavy atom. The van der Waals surface area contributed by atoms with Crippen molar-refractivity contribution >= 4 is 77.6 Å². The second kappa shape index (κ2) is 19.9. The number of hydrogen-bond donors (Lipinski definition) is 8. The van der Waals surface area contributed by atoms with Gasteiger partial charge in [0.1, 0.15) is 11.5 Å². The van der Waals surface area contributed by atoms with Crippen LogP contribution in [0.2, 0.25) is 0 Å². The number of ketones is 1. The normalized spacial score (nSPS) is 14.5. The van der Waals surface area contributed by atoms with Crippen LogP contribution in [0.5, 0.6) is 0 Å². The molecular formula is C47H46N8O12S2. The summed E-state index contributed by atoms with van der Waals surface area (Å²) in [5, 5.41) is 27.6. The van der Waals surface area contributed by atoms with Crippen LogP contribution in [0.1, 0.15) is 70.0 Å². The minimum atomic E-state index is -5.24. The summed E-state index contributed by atoms with van der Waals surface area (Å²) in [6.07, 6.45) is 1.88. The van der Waals surface area contributed by atoms with Crippen LogP contribution in [0.4, 0.5) is 11.4 Å². The molecule has 358 valence electrons. The van der Waals surface area contributed by atoms with Gasteiger partial charge in [-0.2, -0.15) is 21.9 Å². The number of nitrogen functional groups attached to an aromatic ring is 1. The van der Waals surface area contributed by atoms with Gasteiger partial charge in [-0.25, -0.2) is 4.79 Å². The summed E-state index contributed by atoms with van der Waals surface area (Å²) in [6.45, 7) is 1.89. The maximum Gasteiger partial charge on any atom is 0.336 e. The Morgan fingerprint density at radius 2 is 1.54 bits per heavy atom. The van der Waals surface area contributed by atoms with E-state index >= 15 is 0 Å². The molecular weight excluding hydrogens is 933 g/mol. The number of unbranched alkanes of at least 4 members (excludes halogenated alkanes) is 1. The van der Waals surface area contributed by atoms with Gasteiger partial charge in [0, 0.05) is 52.7 Å².